The van der Waals surface area contributed by atoms with E-state index in [0.29, 0.717) is 26.1 Å². The second-order valence-corrected chi connectivity index (χ2v) is 7.01. The van der Waals surface area contributed by atoms with Gasteiger partial charge in [0.15, 0.2) is 5.96 Å². The van der Waals surface area contributed by atoms with Crippen molar-refractivity contribution in [1.82, 2.24) is 15.5 Å². The summed E-state index contributed by atoms with van der Waals surface area (Å²) >= 11 is 0. The molecule has 0 radical (unpaired) electrons. The van der Waals surface area contributed by atoms with Gasteiger partial charge < -0.3 is 20.3 Å². The highest BCUT2D eigenvalue weighted by Crippen LogP contribution is 2.24. The second kappa shape index (κ2) is 10.2. The maximum atomic E-state index is 12.3. The Morgan fingerprint density at radius 3 is 2.73 bits per heavy atom. The highest BCUT2D eigenvalue weighted by Gasteiger charge is 2.29. The van der Waals surface area contributed by atoms with Crippen LogP contribution in [0.5, 0.6) is 0 Å². The van der Waals surface area contributed by atoms with Gasteiger partial charge in [0.2, 0.25) is 5.91 Å². The van der Waals surface area contributed by atoms with Crippen LogP contribution in [0.4, 0.5) is 0 Å². The molecule has 1 aromatic rings. The van der Waals surface area contributed by atoms with E-state index in [1.54, 1.807) is 4.90 Å². The summed E-state index contributed by atoms with van der Waals surface area (Å²) in [5.74, 6) is 0.853. The van der Waals surface area contributed by atoms with E-state index in [4.69, 9.17) is 4.74 Å². The quantitative estimate of drug-likeness (QED) is 0.551. The molecule has 1 heterocycles. The number of guanidine groups is 1. The Balaban J connectivity index is 1.76. The van der Waals surface area contributed by atoms with Crippen molar-refractivity contribution < 1.29 is 9.53 Å². The predicted octanol–water partition coefficient (Wildman–Crippen LogP) is 2.16. The van der Waals surface area contributed by atoms with Crippen molar-refractivity contribution >= 4 is 11.9 Å². The first kappa shape index (κ1) is 20.2. The smallest absolute Gasteiger partial charge is 0.224 e. The Bertz CT molecular complexity index is 583. The van der Waals surface area contributed by atoms with E-state index in [1.807, 2.05) is 44.3 Å². The maximum absolute atomic E-state index is 12.3. The monoisotopic (exact) mass is 360 g/mol. The minimum atomic E-state index is -0.159. The Hall–Kier alpha value is -2.08. The Kier molecular flexibility index (Phi) is 7.91. The van der Waals surface area contributed by atoms with E-state index in [2.05, 4.69) is 22.5 Å². The van der Waals surface area contributed by atoms with Crippen molar-refractivity contribution in [2.24, 2.45) is 4.99 Å². The molecule has 0 aromatic heterocycles. The molecular weight excluding hydrogens is 328 g/mol. The summed E-state index contributed by atoms with van der Waals surface area (Å²) in [4.78, 5) is 18.7. The number of amides is 1. The van der Waals surface area contributed by atoms with Crippen molar-refractivity contribution in [1.29, 1.82) is 0 Å². The molecule has 6 nitrogen and oxygen atoms in total. The van der Waals surface area contributed by atoms with Crippen LogP contribution in [-0.2, 0) is 16.1 Å². The van der Waals surface area contributed by atoms with Crippen molar-refractivity contribution in [3.63, 3.8) is 0 Å². The number of aliphatic imine (C=N–C) groups is 1. The summed E-state index contributed by atoms with van der Waals surface area (Å²) in [5, 5.41) is 6.47. The molecule has 1 aliphatic rings. The Morgan fingerprint density at radius 2 is 2.08 bits per heavy atom. The van der Waals surface area contributed by atoms with Crippen LogP contribution in [0.15, 0.2) is 35.3 Å². The molecule has 0 aliphatic carbocycles. The number of carbonyl (C=O) groups excluding carboxylic acids is 1. The van der Waals surface area contributed by atoms with Crippen LogP contribution in [0.1, 0.15) is 38.7 Å². The van der Waals surface area contributed by atoms with Crippen LogP contribution in [0.25, 0.3) is 0 Å². The SMILES string of the molecule is CCNC(=NCC1(C)CCCO1)NCCC(=O)N(C)Cc1ccccc1. The zero-order chi connectivity index (χ0) is 18.8. The van der Waals surface area contributed by atoms with Crippen LogP contribution < -0.4 is 10.6 Å². The fourth-order valence-electron chi connectivity index (χ4n) is 2.97. The molecule has 1 fully saturated rings. The largest absolute Gasteiger partial charge is 0.373 e. The minimum Gasteiger partial charge on any atom is -0.373 e. The Morgan fingerprint density at radius 1 is 1.31 bits per heavy atom. The van der Waals surface area contributed by atoms with E-state index < -0.39 is 0 Å². The lowest BCUT2D eigenvalue weighted by Crippen LogP contribution is -2.41. The highest BCUT2D eigenvalue weighted by atomic mass is 16.5. The number of hydrogen-bond acceptors (Lipinski definition) is 3. The predicted molar refractivity (Wildman–Crippen MR) is 105 cm³/mol. The molecule has 1 saturated heterocycles. The summed E-state index contributed by atoms with van der Waals surface area (Å²) < 4.78 is 5.78. The average Bonchev–Trinajstić information content (AvgIpc) is 3.07. The fourth-order valence-corrected chi connectivity index (χ4v) is 2.97. The molecule has 1 amide bonds. The van der Waals surface area contributed by atoms with Crippen molar-refractivity contribution in [2.75, 3.05) is 33.3 Å². The number of hydrogen-bond donors (Lipinski definition) is 2. The zero-order valence-electron chi connectivity index (χ0n) is 16.3. The number of ether oxygens (including phenoxy) is 1. The zero-order valence-corrected chi connectivity index (χ0v) is 16.3. The number of carbonyl (C=O) groups is 1. The van der Waals surface area contributed by atoms with E-state index in [0.717, 1.165) is 37.5 Å². The van der Waals surface area contributed by atoms with E-state index in [-0.39, 0.29) is 11.5 Å². The lowest BCUT2D eigenvalue weighted by Gasteiger charge is -2.22. The van der Waals surface area contributed by atoms with E-state index in [1.165, 1.54) is 0 Å². The van der Waals surface area contributed by atoms with E-state index >= 15 is 0 Å². The molecule has 0 saturated carbocycles. The van der Waals surface area contributed by atoms with Crippen LogP contribution >= 0.6 is 0 Å². The number of benzene rings is 1. The first-order chi connectivity index (χ1) is 12.5. The summed E-state index contributed by atoms with van der Waals surface area (Å²) in [6.45, 7) is 7.55. The molecule has 144 valence electrons. The van der Waals surface area contributed by atoms with Gasteiger partial charge >= 0.3 is 0 Å². The molecule has 1 atom stereocenters. The summed E-state index contributed by atoms with van der Waals surface area (Å²) in [6.07, 6.45) is 2.57. The molecule has 1 unspecified atom stereocenters. The van der Waals surface area contributed by atoms with Crippen molar-refractivity contribution in [3.05, 3.63) is 35.9 Å². The molecule has 0 spiro atoms. The lowest BCUT2D eigenvalue weighted by atomic mass is 10.0. The van der Waals surface area contributed by atoms with Gasteiger partial charge in [-0.1, -0.05) is 30.3 Å². The normalized spacial score (nSPS) is 20.0. The number of nitrogens with one attached hydrogen (secondary N) is 2. The van der Waals surface area contributed by atoms with Gasteiger partial charge in [-0.3, -0.25) is 9.79 Å². The van der Waals surface area contributed by atoms with Gasteiger partial charge in [-0.05, 0) is 32.3 Å². The van der Waals surface area contributed by atoms with Crippen LogP contribution in [0.2, 0.25) is 0 Å². The first-order valence-corrected chi connectivity index (χ1v) is 9.46. The molecule has 2 N–H and O–H groups in total. The third kappa shape index (κ3) is 6.67. The summed E-state index contributed by atoms with van der Waals surface area (Å²) in [7, 11) is 1.84. The standard InChI is InChI=1S/C20H32N4O2/c1-4-21-19(23-16-20(2)12-8-14-26-20)22-13-11-18(25)24(3)15-17-9-6-5-7-10-17/h5-7,9-10H,4,8,11-16H2,1-3H3,(H2,21,22,23). The summed E-state index contributed by atoms with van der Waals surface area (Å²) in [5.41, 5.74) is 0.977. The van der Waals surface area contributed by atoms with Gasteiger partial charge in [0, 0.05) is 39.7 Å². The molecule has 0 bridgehead atoms. The number of nitrogens with zero attached hydrogens (tertiary/aromatic N) is 2. The molecule has 1 aromatic carbocycles. The lowest BCUT2D eigenvalue weighted by molar-refractivity contribution is -0.130. The first-order valence-electron chi connectivity index (χ1n) is 9.46. The minimum absolute atomic E-state index is 0.114. The molecule has 6 heteroatoms. The summed E-state index contributed by atoms with van der Waals surface area (Å²) in [6, 6.07) is 10.0. The fraction of sp³-hybridized carbons (Fsp3) is 0.600. The van der Waals surface area contributed by atoms with Crippen molar-refractivity contribution in [3.8, 4) is 0 Å². The van der Waals surface area contributed by atoms with Gasteiger partial charge in [-0.2, -0.15) is 0 Å². The maximum Gasteiger partial charge on any atom is 0.224 e. The third-order valence-corrected chi connectivity index (χ3v) is 4.54. The highest BCUT2D eigenvalue weighted by molar-refractivity contribution is 5.81. The van der Waals surface area contributed by atoms with Crippen LogP contribution in [0.3, 0.4) is 0 Å². The van der Waals surface area contributed by atoms with Crippen LogP contribution in [0, 0.1) is 0 Å². The van der Waals surface area contributed by atoms with Gasteiger partial charge in [-0.15, -0.1) is 0 Å². The second-order valence-electron chi connectivity index (χ2n) is 7.01. The van der Waals surface area contributed by atoms with E-state index in [9.17, 15) is 4.79 Å². The topological polar surface area (TPSA) is 66.0 Å². The van der Waals surface area contributed by atoms with Gasteiger partial charge in [0.25, 0.3) is 0 Å². The van der Waals surface area contributed by atoms with Gasteiger partial charge in [0.05, 0.1) is 12.1 Å². The molecule has 26 heavy (non-hydrogen) atoms. The van der Waals surface area contributed by atoms with Crippen molar-refractivity contribution in [2.45, 2.75) is 45.3 Å². The van der Waals surface area contributed by atoms with Gasteiger partial charge in [-0.25, -0.2) is 0 Å². The molecular formula is C20H32N4O2. The molecule has 1 aliphatic heterocycles. The Labute approximate surface area is 157 Å². The third-order valence-electron chi connectivity index (χ3n) is 4.54. The van der Waals surface area contributed by atoms with Gasteiger partial charge in [0.1, 0.15) is 0 Å². The average molecular weight is 361 g/mol. The number of rotatable bonds is 8. The molecule has 2 rings (SSSR count). The van der Waals surface area contributed by atoms with Crippen LogP contribution in [-0.4, -0.2) is 55.7 Å².